The maximum Gasteiger partial charge on any atom is 0.134 e. The minimum atomic E-state index is -0.433. The smallest absolute Gasteiger partial charge is 0.134 e. The lowest BCUT2D eigenvalue weighted by atomic mass is 9.83. The van der Waals surface area contributed by atoms with Gasteiger partial charge in [-0.25, -0.2) is 0 Å². The van der Waals surface area contributed by atoms with E-state index in [1.807, 2.05) is 0 Å². The third kappa shape index (κ3) is 4.24. The molecule has 0 aliphatic carbocycles. The number of hydroxylamine groups is 2. The highest BCUT2D eigenvalue weighted by atomic mass is 16.5. The number of hydrogen-bond donors (Lipinski definition) is 1. The van der Waals surface area contributed by atoms with Gasteiger partial charge in [0.1, 0.15) is 5.78 Å². The van der Waals surface area contributed by atoms with Crippen molar-refractivity contribution >= 4 is 5.78 Å². The van der Waals surface area contributed by atoms with Gasteiger partial charge in [-0.15, -0.1) is 0 Å². The molecule has 2 aliphatic heterocycles. The molecule has 1 N–H and O–H groups in total. The van der Waals surface area contributed by atoms with E-state index in [0.29, 0.717) is 39.2 Å². The summed E-state index contributed by atoms with van der Waals surface area (Å²) >= 11 is 0. The Bertz CT molecular complexity index is 289. The minimum Gasteiger partial charge on any atom is -0.381 e. The lowest BCUT2D eigenvalue weighted by molar-refractivity contribution is -0.207. The molecule has 110 valence electrons. The van der Waals surface area contributed by atoms with Crippen LogP contribution in [0.2, 0.25) is 0 Å². The van der Waals surface area contributed by atoms with E-state index in [4.69, 9.17) is 9.47 Å². The van der Waals surface area contributed by atoms with Crippen LogP contribution in [-0.4, -0.2) is 54.6 Å². The van der Waals surface area contributed by atoms with Crippen molar-refractivity contribution in [1.82, 2.24) is 5.06 Å². The topological polar surface area (TPSA) is 59.0 Å². The SMILES string of the molecule is O=C1CCCCCOCCN(O)C2(CCOCC2)C1. The Morgan fingerprint density at radius 3 is 2.53 bits per heavy atom. The Labute approximate surface area is 114 Å². The van der Waals surface area contributed by atoms with Crippen LogP contribution in [0.5, 0.6) is 0 Å². The molecule has 19 heavy (non-hydrogen) atoms. The molecule has 0 amide bonds. The molecule has 0 saturated carbocycles. The zero-order valence-electron chi connectivity index (χ0n) is 11.6. The molecular weight excluding hydrogens is 246 g/mol. The number of carbonyl (C=O) groups is 1. The highest BCUT2D eigenvalue weighted by molar-refractivity contribution is 5.79. The summed E-state index contributed by atoms with van der Waals surface area (Å²) in [5, 5.41) is 11.7. The molecule has 0 atom stereocenters. The van der Waals surface area contributed by atoms with E-state index in [-0.39, 0.29) is 5.78 Å². The van der Waals surface area contributed by atoms with Crippen LogP contribution in [-0.2, 0) is 14.3 Å². The van der Waals surface area contributed by atoms with Crippen LogP contribution in [0.3, 0.4) is 0 Å². The van der Waals surface area contributed by atoms with Gasteiger partial charge in [-0.05, 0) is 25.7 Å². The molecule has 0 aromatic carbocycles. The van der Waals surface area contributed by atoms with Gasteiger partial charge in [0.15, 0.2) is 0 Å². The van der Waals surface area contributed by atoms with Gasteiger partial charge in [-0.1, -0.05) is 6.42 Å². The largest absolute Gasteiger partial charge is 0.381 e. The van der Waals surface area contributed by atoms with Crippen LogP contribution in [0, 0.1) is 0 Å². The van der Waals surface area contributed by atoms with Gasteiger partial charge < -0.3 is 14.7 Å². The number of carbonyl (C=O) groups excluding carboxylic acids is 1. The second kappa shape index (κ2) is 7.33. The molecular formula is C14H25NO4. The fourth-order valence-corrected chi connectivity index (χ4v) is 2.93. The van der Waals surface area contributed by atoms with Gasteiger partial charge in [0.2, 0.25) is 0 Å². The molecule has 2 aliphatic rings. The molecule has 1 spiro atoms. The molecule has 0 radical (unpaired) electrons. The zero-order chi connectivity index (χ0) is 13.6. The summed E-state index contributed by atoms with van der Waals surface area (Å²) in [6.45, 7) is 2.94. The van der Waals surface area contributed by atoms with Gasteiger partial charge in [-0.3, -0.25) is 4.79 Å². The van der Waals surface area contributed by atoms with Gasteiger partial charge in [0, 0.05) is 39.2 Å². The molecule has 0 bridgehead atoms. The first-order valence-corrected chi connectivity index (χ1v) is 7.37. The van der Waals surface area contributed by atoms with Crippen molar-refractivity contribution in [2.45, 2.75) is 50.5 Å². The fourth-order valence-electron chi connectivity index (χ4n) is 2.93. The average Bonchev–Trinajstić information content (AvgIpc) is 2.41. The Morgan fingerprint density at radius 1 is 1.00 bits per heavy atom. The summed E-state index contributed by atoms with van der Waals surface area (Å²) in [5.41, 5.74) is -0.433. The van der Waals surface area contributed by atoms with E-state index in [2.05, 4.69) is 0 Å². The standard InChI is InChI=1S/C14H25NO4/c16-13-4-2-1-3-8-18-11-7-15(17)14(12-13)5-9-19-10-6-14/h17H,1-12H2. The molecule has 2 fully saturated rings. The van der Waals surface area contributed by atoms with Crippen LogP contribution in [0.4, 0.5) is 0 Å². The molecule has 0 aromatic heterocycles. The first-order valence-electron chi connectivity index (χ1n) is 7.37. The fraction of sp³-hybridized carbons (Fsp3) is 0.929. The van der Waals surface area contributed by atoms with Gasteiger partial charge in [0.05, 0.1) is 12.1 Å². The highest BCUT2D eigenvalue weighted by Gasteiger charge is 2.39. The Kier molecular flexibility index (Phi) is 5.76. The minimum absolute atomic E-state index is 0.266. The first kappa shape index (κ1) is 14.9. The molecule has 2 rings (SSSR count). The van der Waals surface area contributed by atoms with Crippen LogP contribution in [0.1, 0.15) is 44.9 Å². The summed E-state index contributed by atoms with van der Waals surface area (Å²) in [5.74, 6) is 0.266. The second-order valence-corrected chi connectivity index (χ2v) is 5.60. The lowest BCUT2D eigenvalue weighted by Gasteiger charge is -2.42. The zero-order valence-corrected chi connectivity index (χ0v) is 11.6. The summed E-state index contributed by atoms with van der Waals surface area (Å²) in [4.78, 5) is 12.1. The Morgan fingerprint density at radius 2 is 1.74 bits per heavy atom. The molecule has 0 unspecified atom stereocenters. The monoisotopic (exact) mass is 271 g/mol. The number of rotatable bonds is 0. The highest BCUT2D eigenvalue weighted by Crippen LogP contribution is 2.31. The molecule has 2 heterocycles. The van der Waals surface area contributed by atoms with Crippen molar-refractivity contribution in [1.29, 1.82) is 0 Å². The Balaban J connectivity index is 2.03. The van der Waals surface area contributed by atoms with E-state index in [9.17, 15) is 10.0 Å². The molecule has 5 heteroatoms. The quantitative estimate of drug-likeness (QED) is 0.727. The first-order chi connectivity index (χ1) is 9.23. The number of nitrogens with zero attached hydrogens (tertiary/aromatic N) is 1. The van der Waals surface area contributed by atoms with E-state index in [1.54, 1.807) is 0 Å². The van der Waals surface area contributed by atoms with Crippen molar-refractivity contribution < 1.29 is 19.5 Å². The Hall–Kier alpha value is -0.490. The normalized spacial score (nSPS) is 27.7. The molecule has 2 saturated heterocycles. The maximum atomic E-state index is 12.1. The summed E-state index contributed by atoms with van der Waals surface area (Å²) in [7, 11) is 0. The van der Waals surface area contributed by atoms with Gasteiger partial charge in [-0.2, -0.15) is 5.06 Å². The summed E-state index contributed by atoms with van der Waals surface area (Å²) in [6, 6.07) is 0. The van der Waals surface area contributed by atoms with Crippen LogP contribution < -0.4 is 0 Å². The molecule has 0 aromatic rings. The van der Waals surface area contributed by atoms with E-state index in [1.165, 1.54) is 5.06 Å². The van der Waals surface area contributed by atoms with Crippen molar-refractivity contribution in [2.24, 2.45) is 0 Å². The van der Waals surface area contributed by atoms with Gasteiger partial charge in [0.25, 0.3) is 0 Å². The van der Waals surface area contributed by atoms with Crippen LogP contribution >= 0.6 is 0 Å². The van der Waals surface area contributed by atoms with E-state index in [0.717, 1.165) is 38.7 Å². The van der Waals surface area contributed by atoms with Crippen molar-refractivity contribution in [3.63, 3.8) is 0 Å². The lowest BCUT2D eigenvalue weighted by Crippen LogP contribution is -2.53. The van der Waals surface area contributed by atoms with Gasteiger partial charge >= 0.3 is 0 Å². The van der Waals surface area contributed by atoms with Crippen molar-refractivity contribution in [3.05, 3.63) is 0 Å². The number of ketones is 1. The predicted octanol–water partition coefficient (Wildman–Crippen LogP) is 1.78. The third-order valence-corrected chi connectivity index (χ3v) is 4.19. The van der Waals surface area contributed by atoms with Crippen molar-refractivity contribution in [3.8, 4) is 0 Å². The maximum absolute atomic E-state index is 12.1. The van der Waals surface area contributed by atoms with Crippen LogP contribution in [0.15, 0.2) is 0 Å². The van der Waals surface area contributed by atoms with E-state index < -0.39 is 5.54 Å². The summed E-state index contributed by atoms with van der Waals surface area (Å²) in [6.07, 6.45) is 5.47. The van der Waals surface area contributed by atoms with Crippen molar-refractivity contribution in [2.75, 3.05) is 33.0 Å². The average molecular weight is 271 g/mol. The predicted molar refractivity (Wildman–Crippen MR) is 70.2 cm³/mol. The molecule has 5 nitrogen and oxygen atoms in total. The third-order valence-electron chi connectivity index (χ3n) is 4.19. The summed E-state index contributed by atoms with van der Waals surface area (Å²) < 4.78 is 10.9. The second-order valence-electron chi connectivity index (χ2n) is 5.60. The number of hydrogen-bond acceptors (Lipinski definition) is 5. The van der Waals surface area contributed by atoms with Crippen LogP contribution in [0.25, 0.3) is 0 Å². The number of ether oxygens (including phenoxy) is 2. The number of Topliss-reactive ketones (excluding diaryl/α,β-unsaturated/α-hetero) is 1. The van der Waals surface area contributed by atoms with E-state index >= 15 is 0 Å².